The predicted octanol–water partition coefficient (Wildman–Crippen LogP) is 4.71. The Bertz CT molecular complexity index is 857. The van der Waals surface area contributed by atoms with E-state index in [0.29, 0.717) is 19.4 Å². The Morgan fingerprint density at radius 3 is 2.43 bits per heavy atom. The highest BCUT2D eigenvalue weighted by Crippen LogP contribution is 2.20. The Morgan fingerprint density at radius 1 is 1.07 bits per heavy atom. The van der Waals surface area contributed by atoms with Gasteiger partial charge in [-0.25, -0.2) is 0 Å². The lowest BCUT2D eigenvalue weighted by Gasteiger charge is -2.32. The first kappa shape index (κ1) is 22.1. The van der Waals surface area contributed by atoms with Crippen molar-refractivity contribution in [3.63, 3.8) is 0 Å². The fourth-order valence-electron chi connectivity index (χ4n) is 4.32. The second-order valence-electron chi connectivity index (χ2n) is 8.53. The molecule has 2 aromatic carbocycles. The summed E-state index contributed by atoms with van der Waals surface area (Å²) in [7, 11) is 0. The standard InChI is InChI=1S/C26H34N2O2/c1-4-24(26(30)27-23-12-8-9-13-23)28(18-21-10-6-5-7-11-21)25(29)17-22-16-19(2)14-15-20(22)3/h5-7,10-11,14-16,23-24H,4,8-9,12-13,17-18H2,1-3H3,(H,27,30). The van der Waals surface area contributed by atoms with E-state index in [-0.39, 0.29) is 17.9 Å². The first-order chi connectivity index (χ1) is 14.5. The van der Waals surface area contributed by atoms with Crippen LogP contribution in [0.1, 0.15) is 61.3 Å². The van der Waals surface area contributed by atoms with Crippen LogP contribution < -0.4 is 5.32 Å². The maximum absolute atomic E-state index is 13.5. The minimum atomic E-state index is -0.455. The van der Waals surface area contributed by atoms with Crippen molar-refractivity contribution in [2.24, 2.45) is 0 Å². The molecule has 4 nitrogen and oxygen atoms in total. The molecule has 1 N–H and O–H groups in total. The van der Waals surface area contributed by atoms with Gasteiger partial charge in [-0.3, -0.25) is 9.59 Å². The van der Waals surface area contributed by atoms with E-state index < -0.39 is 6.04 Å². The molecule has 1 aliphatic carbocycles. The summed E-state index contributed by atoms with van der Waals surface area (Å²) >= 11 is 0. The molecule has 160 valence electrons. The maximum Gasteiger partial charge on any atom is 0.243 e. The number of nitrogens with one attached hydrogen (secondary N) is 1. The van der Waals surface area contributed by atoms with Gasteiger partial charge in [0.05, 0.1) is 6.42 Å². The van der Waals surface area contributed by atoms with Crippen LogP contribution in [-0.2, 0) is 22.6 Å². The van der Waals surface area contributed by atoms with Gasteiger partial charge >= 0.3 is 0 Å². The van der Waals surface area contributed by atoms with Gasteiger partial charge in [-0.05, 0) is 49.8 Å². The van der Waals surface area contributed by atoms with E-state index in [9.17, 15) is 9.59 Å². The van der Waals surface area contributed by atoms with Crippen LogP contribution in [0.15, 0.2) is 48.5 Å². The van der Waals surface area contributed by atoms with Gasteiger partial charge in [0.15, 0.2) is 0 Å². The molecule has 0 spiro atoms. The summed E-state index contributed by atoms with van der Waals surface area (Å²) in [6.45, 7) is 6.51. The summed E-state index contributed by atoms with van der Waals surface area (Å²) in [6.07, 6.45) is 5.33. The van der Waals surface area contributed by atoms with Crippen molar-refractivity contribution in [2.45, 2.75) is 77.9 Å². The Kier molecular flexibility index (Phi) is 7.67. The minimum absolute atomic E-state index is 0.000903. The lowest BCUT2D eigenvalue weighted by molar-refractivity contribution is -0.141. The zero-order chi connectivity index (χ0) is 21.5. The third kappa shape index (κ3) is 5.71. The van der Waals surface area contributed by atoms with Crippen LogP contribution in [0.5, 0.6) is 0 Å². The van der Waals surface area contributed by atoms with Gasteiger partial charge < -0.3 is 10.2 Å². The number of amides is 2. The molecule has 0 radical (unpaired) electrons. The van der Waals surface area contributed by atoms with E-state index >= 15 is 0 Å². The second-order valence-corrected chi connectivity index (χ2v) is 8.53. The topological polar surface area (TPSA) is 49.4 Å². The zero-order valence-corrected chi connectivity index (χ0v) is 18.5. The first-order valence-electron chi connectivity index (χ1n) is 11.2. The Morgan fingerprint density at radius 2 is 1.77 bits per heavy atom. The van der Waals surface area contributed by atoms with Crippen LogP contribution in [0.3, 0.4) is 0 Å². The molecule has 1 saturated carbocycles. The fourth-order valence-corrected chi connectivity index (χ4v) is 4.32. The summed E-state index contributed by atoms with van der Waals surface area (Å²) in [4.78, 5) is 28.4. The second kappa shape index (κ2) is 10.4. The van der Waals surface area contributed by atoms with E-state index in [0.717, 1.165) is 35.1 Å². The van der Waals surface area contributed by atoms with Crippen molar-refractivity contribution < 1.29 is 9.59 Å². The molecule has 0 saturated heterocycles. The molecule has 1 aliphatic rings. The smallest absolute Gasteiger partial charge is 0.243 e. The SMILES string of the molecule is CCC(C(=O)NC1CCCC1)N(Cc1ccccc1)C(=O)Cc1cc(C)ccc1C. The molecule has 0 bridgehead atoms. The number of nitrogens with zero attached hydrogens (tertiary/aromatic N) is 1. The van der Waals surface area contributed by atoms with Crippen LogP contribution in [0.25, 0.3) is 0 Å². The third-order valence-corrected chi connectivity index (χ3v) is 6.13. The Balaban J connectivity index is 1.83. The van der Waals surface area contributed by atoms with Crippen molar-refractivity contribution in [1.82, 2.24) is 10.2 Å². The molecule has 30 heavy (non-hydrogen) atoms. The van der Waals surface area contributed by atoms with E-state index in [1.807, 2.05) is 51.1 Å². The molecule has 1 unspecified atom stereocenters. The average Bonchev–Trinajstić information content (AvgIpc) is 3.24. The summed E-state index contributed by atoms with van der Waals surface area (Å²) in [5, 5.41) is 3.20. The molecule has 0 aliphatic heterocycles. The highest BCUT2D eigenvalue weighted by atomic mass is 16.2. The fraction of sp³-hybridized carbons (Fsp3) is 0.462. The maximum atomic E-state index is 13.5. The van der Waals surface area contributed by atoms with Crippen molar-refractivity contribution in [1.29, 1.82) is 0 Å². The van der Waals surface area contributed by atoms with Gasteiger partial charge in [-0.1, -0.05) is 73.9 Å². The van der Waals surface area contributed by atoms with Crippen LogP contribution >= 0.6 is 0 Å². The van der Waals surface area contributed by atoms with Crippen molar-refractivity contribution in [3.05, 3.63) is 70.8 Å². The van der Waals surface area contributed by atoms with Gasteiger partial charge in [0.1, 0.15) is 6.04 Å². The van der Waals surface area contributed by atoms with Crippen molar-refractivity contribution >= 4 is 11.8 Å². The first-order valence-corrected chi connectivity index (χ1v) is 11.2. The molecular weight excluding hydrogens is 372 g/mol. The van der Waals surface area contributed by atoms with Crippen LogP contribution in [0.4, 0.5) is 0 Å². The molecule has 3 rings (SSSR count). The molecule has 2 aromatic rings. The molecule has 2 amide bonds. The van der Waals surface area contributed by atoms with Gasteiger partial charge in [0.25, 0.3) is 0 Å². The van der Waals surface area contributed by atoms with E-state index in [4.69, 9.17) is 0 Å². The number of carbonyl (C=O) groups excluding carboxylic acids is 2. The Labute approximate surface area is 180 Å². The van der Waals surface area contributed by atoms with Crippen molar-refractivity contribution in [3.8, 4) is 0 Å². The summed E-state index contributed by atoms with van der Waals surface area (Å²) in [6, 6.07) is 15.9. The summed E-state index contributed by atoms with van der Waals surface area (Å²) in [5.41, 5.74) is 4.32. The monoisotopic (exact) mass is 406 g/mol. The largest absolute Gasteiger partial charge is 0.352 e. The van der Waals surface area contributed by atoms with Crippen LogP contribution in [-0.4, -0.2) is 28.8 Å². The molecular formula is C26H34N2O2. The quantitative estimate of drug-likeness (QED) is 0.690. The van der Waals surface area contributed by atoms with Gasteiger partial charge in [0.2, 0.25) is 11.8 Å². The molecule has 0 aromatic heterocycles. The number of hydrogen-bond donors (Lipinski definition) is 1. The number of hydrogen-bond acceptors (Lipinski definition) is 2. The molecule has 0 heterocycles. The van der Waals surface area contributed by atoms with Crippen LogP contribution in [0.2, 0.25) is 0 Å². The lowest BCUT2D eigenvalue weighted by atomic mass is 10.0. The highest BCUT2D eigenvalue weighted by Gasteiger charge is 2.30. The number of rotatable bonds is 8. The minimum Gasteiger partial charge on any atom is -0.352 e. The molecule has 1 atom stereocenters. The lowest BCUT2D eigenvalue weighted by Crippen LogP contribution is -2.51. The van der Waals surface area contributed by atoms with Gasteiger partial charge in [-0.2, -0.15) is 0 Å². The Hall–Kier alpha value is -2.62. The predicted molar refractivity (Wildman–Crippen MR) is 121 cm³/mol. The molecule has 4 heteroatoms. The summed E-state index contributed by atoms with van der Waals surface area (Å²) in [5.74, 6) is -0.0179. The third-order valence-electron chi connectivity index (χ3n) is 6.13. The van der Waals surface area contributed by atoms with E-state index in [2.05, 4.69) is 23.5 Å². The number of carbonyl (C=O) groups is 2. The number of aryl methyl sites for hydroxylation is 2. The van der Waals surface area contributed by atoms with E-state index in [1.165, 1.54) is 12.8 Å². The number of benzene rings is 2. The highest BCUT2D eigenvalue weighted by molar-refractivity contribution is 5.88. The zero-order valence-electron chi connectivity index (χ0n) is 18.5. The van der Waals surface area contributed by atoms with Gasteiger partial charge in [-0.15, -0.1) is 0 Å². The summed E-state index contributed by atoms with van der Waals surface area (Å²) < 4.78 is 0. The van der Waals surface area contributed by atoms with Crippen molar-refractivity contribution in [2.75, 3.05) is 0 Å². The van der Waals surface area contributed by atoms with Gasteiger partial charge in [0, 0.05) is 12.6 Å². The normalized spacial score (nSPS) is 15.0. The average molecular weight is 407 g/mol. The van der Waals surface area contributed by atoms with Crippen LogP contribution in [0, 0.1) is 13.8 Å². The molecule has 1 fully saturated rings. The van der Waals surface area contributed by atoms with E-state index in [1.54, 1.807) is 4.90 Å².